The van der Waals surface area contributed by atoms with Crippen LogP contribution in [0, 0.1) is 5.92 Å². The molecular formula is C20H29F3N4O. The molecule has 28 heavy (non-hydrogen) atoms. The van der Waals surface area contributed by atoms with Crippen LogP contribution in [0.5, 0.6) is 0 Å². The molecule has 0 radical (unpaired) electrons. The third-order valence-corrected chi connectivity index (χ3v) is 5.80. The van der Waals surface area contributed by atoms with Gasteiger partial charge < -0.3 is 20.4 Å². The molecule has 2 saturated heterocycles. The van der Waals surface area contributed by atoms with Crippen molar-refractivity contribution in [3.8, 4) is 0 Å². The highest BCUT2D eigenvalue weighted by atomic mass is 19.4. The highest BCUT2D eigenvalue weighted by molar-refractivity contribution is 5.79. The van der Waals surface area contributed by atoms with Crippen molar-refractivity contribution in [2.45, 2.75) is 38.5 Å². The highest BCUT2D eigenvalue weighted by Crippen LogP contribution is 2.33. The van der Waals surface area contributed by atoms with E-state index in [9.17, 15) is 18.0 Å². The largest absolute Gasteiger partial charge is 0.416 e. The van der Waals surface area contributed by atoms with Gasteiger partial charge in [-0.3, -0.25) is 4.79 Å². The summed E-state index contributed by atoms with van der Waals surface area (Å²) in [4.78, 5) is 16.9. The van der Waals surface area contributed by atoms with Crippen LogP contribution in [-0.2, 0) is 17.5 Å². The summed E-state index contributed by atoms with van der Waals surface area (Å²) >= 11 is 0. The maximum atomic E-state index is 13.2. The molecule has 0 unspecified atom stereocenters. The maximum Gasteiger partial charge on any atom is 0.416 e. The minimum Gasteiger partial charge on any atom is -0.369 e. The van der Waals surface area contributed by atoms with Crippen LogP contribution in [0.3, 0.4) is 0 Å². The van der Waals surface area contributed by atoms with E-state index in [1.54, 1.807) is 6.07 Å². The Morgan fingerprint density at radius 1 is 1.25 bits per heavy atom. The van der Waals surface area contributed by atoms with Crippen LogP contribution in [0.15, 0.2) is 18.2 Å². The number of piperidine rings is 1. The van der Waals surface area contributed by atoms with Crippen molar-refractivity contribution >= 4 is 11.6 Å². The summed E-state index contributed by atoms with van der Waals surface area (Å²) in [6.07, 6.45) is -2.67. The number of carbonyl (C=O) groups is 1. The molecule has 2 N–H and O–H groups in total. The Kier molecular flexibility index (Phi) is 6.50. The van der Waals surface area contributed by atoms with Gasteiger partial charge in [-0.25, -0.2) is 0 Å². The van der Waals surface area contributed by atoms with Gasteiger partial charge in [0.2, 0.25) is 5.91 Å². The number of carbonyl (C=O) groups excluding carboxylic acids is 1. The van der Waals surface area contributed by atoms with Crippen LogP contribution in [0.4, 0.5) is 18.9 Å². The van der Waals surface area contributed by atoms with E-state index >= 15 is 0 Å². The third kappa shape index (κ3) is 4.97. The molecule has 3 rings (SSSR count). The fourth-order valence-electron chi connectivity index (χ4n) is 3.97. The molecule has 5 nitrogen and oxygen atoms in total. The second kappa shape index (κ2) is 8.69. The van der Waals surface area contributed by atoms with Crippen LogP contribution in [0.25, 0.3) is 0 Å². The third-order valence-electron chi connectivity index (χ3n) is 5.80. The summed E-state index contributed by atoms with van der Waals surface area (Å²) in [5.41, 5.74) is 0.614. The monoisotopic (exact) mass is 398 g/mol. The molecular weight excluding hydrogens is 369 g/mol. The zero-order valence-corrected chi connectivity index (χ0v) is 16.5. The molecule has 0 aliphatic carbocycles. The number of piperazine rings is 1. The number of benzene rings is 1. The van der Waals surface area contributed by atoms with E-state index in [1.807, 2.05) is 14.0 Å². The Balaban J connectivity index is 1.77. The highest BCUT2D eigenvalue weighted by Gasteiger charge is 2.32. The SMILES string of the molecule is C[C@@H]1NCCC[C@@H]1C(=O)NCc1cc(C(F)(F)F)ccc1N1CCN(C)CC1. The van der Waals surface area contributed by atoms with Gasteiger partial charge in [-0.2, -0.15) is 13.2 Å². The summed E-state index contributed by atoms with van der Waals surface area (Å²) in [7, 11) is 2.03. The first kappa shape index (κ1) is 20.9. The van der Waals surface area contributed by atoms with Crippen molar-refractivity contribution in [2.24, 2.45) is 5.92 Å². The van der Waals surface area contributed by atoms with Crippen molar-refractivity contribution in [2.75, 3.05) is 44.7 Å². The number of hydrogen-bond acceptors (Lipinski definition) is 4. The van der Waals surface area contributed by atoms with E-state index in [0.29, 0.717) is 5.56 Å². The van der Waals surface area contributed by atoms with Gasteiger partial charge in [0.15, 0.2) is 0 Å². The molecule has 0 saturated carbocycles. The second-order valence-electron chi connectivity index (χ2n) is 7.84. The van der Waals surface area contributed by atoms with Gasteiger partial charge in [-0.15, -0.1) is 0 Å². The topological polar surface area (TPSA) is 47.6 Å². The van der Waals surface area contributed by atoms with Crippen LogP contribution >= 0.6 is 0 Å². The summed E-state index contributed by atoms with van der Waals surface area (Å²) in [5.74, 6) is -0.243. The lowest BCUT2D eigenvalue weighted by Crippen LogP contribution is -2.47. The fourth-order valence-corrected chi connectivity index (χ4v) is 3.97. The van der Waals surface area contributed by atoms with Crippen molar-refractivity contribution in [3.63, 3.8) is 0 Å². The molecule has 0 bridgehead atoms. The van der Waals surface area contributed by atoms with Crippen molar-refractivity contribution in [3.05, 3.63) is 29.3 Å². The molecule has 0 aromatic heterocycles. The maximum absolute atomic E-state index is 13.2. The lowest BCUT2D eigenvalue weighted by atomic mass is 9.91. The predicted molar refractivity (Wildman–Crippen MR) is 103 cm³/mol. The van der Waals surface area contributed by atoms with E-state index in [1.165, 1.54) is 6.07 Å². The van der Waals surface area contributed by atoms with Crippen molar-refractivity contribution in [1.29, 1.82) is 0 Å². The van der Waals surface area contributed by atoms with Crippen LogP contribution < -0.4 is 15.5 Å². The molecule has 2 aliphatic heterocycles. The number of amides is 1. The van der Waals surface area contributed by atoms with E-state index < -0.39 is 11.7 Å². The Morgan fingerprint density at radius 2 is 1.96 bits per heavy atom. The number of halogens is 3. The molecule has 8 heteroatoms. The molecule has 1 aromatic carbocycles. The lowest BCUT2D eigenvalue weighted by Gasteiger charge is -2.35. The standard InChI is InChI=1S/C20H29F3N4O/c1-14-17(4-3-7-24-14)19(28)25-13-15-12-16(20(21,22)23)5-6-18(15)27-10-8-26(2)9-11-27/h5-6,12,14,17,24H,3-4,7-11,13H2,1-2H3,(H,25,28)/t14-,17-/m0/s1. The van der Waals surface area contributed by atoms with E-state index in [2.05, 4.69) is 20.4 Å². The summed E-state index contributed by atoms with van der Waals surface area (Å²) < 4.78 is 39.7. The first-order chi connectivity index (χ1) is 13.3. The van der Waals surface area contributed by atoms with Gasteiger partial charge in [-0.1, -0.05) is 0 Å². The smallest absolute Gasteiger partial charge is 0.369 e. The number of nitrogens with zero attached hydrogens (tertiary/aromatic N) is 2. The predicted octanol–water partition coefficient (Wildman–Crippen LogP) is 2.46. The summed E-state index contributed by atoms with van der Waals surface area (Å²) in [6, 6.07) is 3.93. The Bertz CT molecular complexity index is 687. The van der Waals surface area contributed by atoms with Crippen LogP contribution in [0.1, 0.15) is 30.9 Å². The zero-order chi connectivity index (χ0) is 20.3. The Labute approximate surface area is 164 Å². The molecule has 2 atom stereocenters. The van der Waals surface area contributed by atoms with Crippen LogP contribution in [-0.4, -0.2) is 56.6 Å². The van der Waals surface area contributed by atoms with Gasteiger partial charge in [0.25, 0.3) is 0 Å². The van der Waals surface area contributed by atoms with Gasteiger partial charge in [0.05, 0.1) is 11.5 Å². The molecule has 2 heterocycles. The van der Waals surface area contributed by atoms with Gasteiger partial charge in [0, 0.05) is 44.5 Å². The van der Waals surface area contributed by atoms with Crippen molar-refractivity contribution < 1.29 is 18.0 Å². The number of hydrogen-bond donors (Lipinski definition) is 2. The van der Waals surface area contributed by atoms with Crippen LogP contribution in [0.2, 0.25) is 0 Å². The second-order valence-corrected chi connectivity index (χ2v) is 7.84. The molecule has 1 amide bonds. The molecule has 2 fully saturated rings. The Hall–Kier alpha value is -1.80. The summed E-state index contributed by atoms with van der Waals surface area (Å²) in [6.45, 7) is 6.21. The number of rotatable bonds is 4. The van der Waals surface area contributed by atoms with Gasteiger partial charge in [-0.05, 0) is 57.1 Å². The van der Waals surface area contributed by atoms with E-state index in [0.717, 1.165) is 57.3 Å². The number of anilines is 1. The first-order valence-corrected chi connectivity index (χ1v) is 9.90. The zero-order valence-electron chi connectivity index (χ0n) is 16.5. The fraction of sp³-hybridized carbons (Fsp3) is 0.650. The summed E-state index contributed by atoms with van der Waals surface area (Å²) in [5, 5.41) is 6.17. The molecule has 1 aromatic rings. The van der Waals surface area contributed by atoms with Crippen molar-refractivity contribution in [1.82, 2.24) is 15.5 Å². The minimum absolute atomic E-state index is 0.0763. The number of alkyl halides is 3. The average molecular weight is 398 g/mol. The Morgan fingerprint density at radius 3 is 2.61 bits per heavy atom. The number of nitrogens with one attached hydrogen (secondary N) is 2. The van der Waals surface area contributed by atoms with E-state index in [-0.39, 0.29) is 24.4 Å². The first-order valence-electron chi connectivity index (χ1n) is 9.90. The normalized spacial score (nSPS) is 24.2. The van der Waals surface area contributed by atoms with Gasteiger partial charge in [0.1, 0.15) is 0 Å². The van der Waals surface area contributed by atoms with Gasteiger partial charge >= 0.3 is 6.18 Å². The molecule has 0 spiro atoms. The molecule has 2 aliphatic rings. The lowest BCUT2D eigenvalue weighted by molar-refractivity contribution is -0.137. The molecule has 156 valence electrons. The average Bonchev–Trinajstić information content (AvgIpc) is 2.66. The van der Waals surface area contributed by atoms with E-state index in [4.69, 9.17) is 0 Å². The quantitative estimate of drug-likeness (QED) is 0.818. The minimum atomic E-state index is -4.40. The number of likely N-dealkylation sites (N-methyl/N-ethyl adjacent to an activating group) is 1.